The number of aromatic nitrogens is 1. The number of rotatable bonds is 5. The summed E-state index contributed by atoms with van der Waals surface area (Å²) in [6.07, 6.45) is -2.43. The molecule has 0 saturated carbocycles. The number of halogens is 3. The first-order chi connectivity index (χ1) is 11.4. The number of nitrogens with zero attached hydrogens (tertiary/aromatic N) is 1. The van der Waals surface area contributed by atoms with Gasteiger partial charge in [0.05, 0.1) is 10.2 Å². The number of thiazole rings is 1. The third-order valence-corrected chi connectivity index (χ3v) is 4.72. The van der Waals surface area contributed by atoms with Crippen LogP contribution in [0.5, 0.6) is 5.75 Å². The highest BCUT2D eigenvalue weighted by Gasteiger charge is 2.31. The molecule has 5 nitrogen and oxygen atoms in total. The summed E-state index contributed by atoms with van der Waals surface area (Å²) in [7, 11) is 0. The summed E-state index contributed by atoms with van der Waals surface area (Å²) in [6, 6.07) is 3.90. The maximum atomic E-state index is 12.2. The van der Waals surface area contributed by atoms with Crippen LogP contribution < -0.4 is 15.4 Å². The molecule has 2 heterocycles. The van der Waals surface area contributed by atoms with Gasteiger partial charge in [-0.05, 0) is 44.0 Å². The van der Waals surface area contributed by atoms with Crippen LogP contribution in [0.3, 0.4) is 0 Å². The number of anilines is 1. The first-order valence-corrected chi connectivity index (χ1v) is 8.37. The van der Waals surface area contributed by atoms with Gasteiger partial charge in [-0.25, -0.2) is 4.98 Å². The zero-order valence-electron chi connectivity index (χ0n) is 12.7. The van der Waals surface area contributed by atoms with Gasteiger partial charge in [0.2, 0.25) is 5.91 Å². The van der Waals surface area contributed by atoms with E-state index in [1.165, 1.54) is 18.2 Å². The zero-order chi connectivity index (χ0) is 17.2. The lowest BCUT2D eigenvalue weighted by Gasteiger charge is -2.07. The predicted molar refractivity (Wildman–Crippen MR) is 85.1 cm³/mol. The van der Waals surface area contributed by atoms with Crippen LogP contribution >= 0.6 is 11.3 Å². The summed E-state index contributed by atoms with van der Waals surface area (Å²) in [5, 5.41) is 6.34. The van der Waals surface area contributed by atoms with Gasteiger partial charge in [-0.15, -0.1) is 13.2 Å². The molecule has 1 amide bonds. The Morgan fingerprint density at radius 2 is 2.29 bits per heavy atom. The van der Waals surface area contributed by atoms with E-state index in [4.69, 9.17) is 0 Å². The lowest BCUT2D eigenvalue weighted by atomic mass is 10.0. The second kappa shape index (κ2) is 6.94. The molecule has 2 N–H and O–H groups in total. The number of carbonyl (C=O) groups is 1. The van der Waals surface area contributed by atoms with Crippen LogP contribution in [0.4, 0.5) is 18.3 Å². The van der Waals surface area contributed by atoms with E-state index in [9.17, 15) is 18.0 Å². The van der Waals surface area contributed by atoms with Crippen LogP contribution in [0.15, 0.2) is 18.2 Å². The number of fused-ring (bicyclic) bond motifs is 1. The van der Waals surface area contributed by atoms with Crippen LogP contribution in [-0.4, -0.2) is 30.3 Å². The average molecular weight is 359 g/mol. The molecular weight excluding hydrogens is 343 g/mol. The number of amides is 1. The molecule has 2 aromatic rings. The van der Waals surface area contributed by atoms with Crippen molar-refractivity contribution in [3.63, 3.8) is 0 Å². The molecule has 1 aromatic heterocycles. The Morgan fingerprint density at radius 1 is 1.46 bits per heavy atom. The average Bonchev–Trinajstić information content (AvgIpc) is 3.11. The molecule has 130 valence electrons. The van der Waals surface area contributed by atoms with Crippen molar-refractivity contribution in [2.24, 2.45) is 5.92 Å². The van der Waals surface area contributed by atoms with E-state index >= 15 is 0 Å². The van der Waals surface area contributed by atoms with E-state index in [0.29, 0.717) is 27.7 Å². The molecule has 0 spiro atoms. The first kappa shape index (κ1) is 17.0. The SMILES string of the molecule is O=C(CCC1CCNC1)Nc1nc2ccc(OC(F)(F)F)cc2s1. The quantitative estimate of drug-likeness (QED) is 0.857. The van der Waals surface area contributed by atoms with Gasteiger partial charge in [-0.1, -0.05) is 11.3 Å². The maximum Gasteiger partial charge on any atom is 0.573 e. The van der Waals surface area contributed by atoms with E-state index in [1.54, 1.807) is 0 Å². The summed E-state index contributed by atoms with van der Waals surface area (Å²) >= 11 is 1.12. The Hall–Kier alpha value is -1.87. The summed E-state index contributed by atoms with van der Waals surface area (Å²) < 4.78 is 41.1. The normalized spacial score (nSPS) is 18.0. The fraction of sp³-hybridized carbons (Fsp3) is 0.467. The van der Waals surface area contributed by atoms with Gasteiger partial charge in [0.1, 0.15) is 5.75 Å². The van der Waals surface area contributed by atoms with Crippen LogP contribution in [0, 0.1) is 5.92 Å². The molecule has 9 heteroatoms. The first-order valence-electron chi connectivity index (χ1n) is 7.56. The van der Waals surface area contributed by atoms with Crippen molar-refractivity contribution in [1.29, 1.82) is 0 Å². The topological polar surface area (TPSA) is 63.2 Å². The van der Waals surface area contributed by atoms with Crippen molar-refractivity contribution in [3.8, 4) is 5.75 Å². The van der Waals surface area contributed by atoms with Gasteiger partial charge in [0.25, 0.3) is 0 Å². The molecule has 0 bridgehead atoms. The summed E-state index contributed by atoms with van der Waals surface area (Å²) in [5.74, 6) is 0.0890. The van der Waals surface area contributed by atoms with Crippen molar-refractivity contribution in [3.05, 3.63) is 18.2 Å². The molecular formula is C15H16F3N3O2S. The molecule has 3 rings (SSSR count). The Labute approximate surface area is 140 Å². The number of hydrogen-bond acceptors (Lipinski definition) is 5. The number of hydrogen-bond donors (Lipinski definition) is 2. The fourth-order valence-corrected chi connectivity index (χ4v) is 3.54. The third-order valence-electron chi connectivity index (χ3n) is 3.78. The van der Waals surface area contributed by atoms with Crippen molar-refractivity contribution in [1.82, 2.24) is 10.3 Å². The predicted octanol–water partition coefficient (Wildman–Crippen LogP) is 3.52. The number of ether oxygens (including phenoxy) is 1. The lowest BCUT2D eigenvalue weighted by molar-refractivity contribution is -0.274. The van der Waals surface area contributed by atoms with Crippen LogP contribution in [0.2, 0.25) is 0 Å². The standard InChI is InChI=1S/C15H16F3N3O2S/c16-15(17,18)23-10-2-3-11-12(7-10)24-14(20-11)21-13(22)4-1-9-5-6-19-8-9/h2-3,7,9,19H,1,4-6,8H2,(H,20,21,22). The Bertz CT molecular complexity index is 726. The number of nitrogens with one attached hydrogen (secondary N) is 2. The van der Waals surface area contributed by atoms with Crippen molar-refractivity contribution < 1.29 is 22.7 Å². The minimum absolute atomic E-state index is 0.132. The highest BCUT2D eigenvalue weighted by molar-refractivity contribution is 7.22. The van der Waals surface area contributed by atoms with Crippen molar-refractivity contribution in [2.75, 3.05) is 18.4 Å². The fourth-order valence-electron chi connectivity index (χ4n) is 2.63. The van der Waals surface area contributed by atoms with Gasteiger partial charge in [0, 0.05) is 12.5 Å². The van der Waals surface area contributed by atoms with E-state index in [1.807, 2.05) is 0 Å². The number of carbonyl (C=O) groups excluding carboxylic acids is 1. The van der Waals surface area contributed by atoms with E-state index < -0.39 is 6.36 Å². The van der Waals surface area contributed by atoms with Gasteiger partial charge in [0.15, 0.2) is 5.13 Å². The molecule has 24 heavy (non-hydrogen) atoms. The Kier molecular flexibility index (Phi) is 4.91. The molecule has 1 fully saturated rings. The van der Waals surface area contributed by atoms with Crippen molar-refractivity contribution >= 4 is 32.6 Å². The Morgan fingerprint density at radius 3 is 3.00 bits per heavy atom. The summed E-state index contributed by atoms with van der Waals surface area (Å²) in [5.41, 5.74) is 0.518. The largest absolute Gasteiger partial charge is 0.573 e. The monoisotopic (exact) mass is 359 g/mol. The number of benzene rings is 1. The van der Waals surface area contributed by atoms with Crippen LogP contribution in [0.25, 0.3) is 10.2 Å². The molecule has 1 saturated heterocycles. The second-order valence-corrected chi connectivity index (χ2v) is 6.67. The molecule has 1 unspecified atom stereocenters. The lowest BCUT2D eigenvalue weighted by Crippen LogP contribution is -2.16. The van der Waals surface area contributed by atoms with E-state index in [-0.39, 0.29) is 11.7 Å². The molecule has 1 atom stereocenters. The zero-order valence-corrected chi connectivity index (χ0v) is 13.5. The van der Waals surface area contributed by atoms with Gasteiger partial charge < -0.3 is 15.4 Å². The van der Waals surface area contributed by atoms with Gasteiger partial charge >= 0.3 is 6.36 Å². The smallest absolute Gasteiger partial charge is 0.406 e. The highest BCUT2D eigenvalue weighted by atomic mass is 32.1. The number of alkyl halides is 3. The van der Waals surface area contributed by atoms with Crippen LogP contribution in [0.1, 0.15) is 19.3 Å². The van der Waals surface area contributed by atoms with Gasteiger partial charge in [-0.2, -0.15) is 0 Å². The second-order valence-electron chi connectivity index (χ2n) is 5.64. The maximum absolute atomic E-state index is 12.2. The molecule has 0 radical (unpaired) electrons. The van der Waals surface area contributed by atoms with E-state index in [0.717, 1.165) is 37.3 Å². The molecule has 0 aliphatic carbocycles. The minimum Gasteiger partial charge on any atom is -0.406 e. The van der Waals surface area contributed by atoms with Crippen LogP contribution in [-0.2, 0) is 4.79 Å². The Balaban J connectivity index is 1.61. The van der Waals surface area contributed by atoms with Gasteiger partial charge in [-0.3, -0.25) is 4.79 Å². The van der Waals surface area contributed by atoms with Crippen molar-refractivity contribution in [2.45, 2.75) is 25.6 Å². The molecule has 1 aliphatic rings. The molecule has 1 aromatic carbocycles. The molecule has 1 aliphatic heterocycles. The third kappa shape index (κ3) is 4.57. The summed E-state index contributed by atoms with van der Waals surface area (Å²) in [6.45, 7) is 1.93. The summed E-state index contributed by atoms with van der Waals surface area (Å²) in [4.78, 5) is 16.2. The highest BCUT2D eigenvalue weighted by Crippen LogP contribution is 2.31. The van der Waals surface area contributed by atoms with E-state index in [2.05, 4.69) is 20.4 Å². The minimum atomic E-state index is -4.73.